The van der Waals surface area contributed by atoms with Gasteiger partial charge in [0.1, 0.15) is 0 Å². The van der Waals surface area contributed by atoms with Gasteiger partial charge in [0.25, 0.3) is 0 Å². The van der Waals surface area contributed by atoms with Crippen LogP contribution in [0.5, 0.6) is 0 Å². The molecule has 0 radical (unpaired) electrons. The molecule has 2 N–H and O–H groups in total. The van der Waals surface area contributed by atoms with Gasteiger partial charge in [-0.1, -0.05) is 37.3 Å². The summed E-state index contributed by atoms with van der Waals surface area (Å²) in [6, 6.07) is 9.33. The van der Waals surface area contributed by atoms with Gasteiger partial charge in [-0.2, -0.15) is 0 Å². The van der Waals surface area contributed by atoms with Gasteiger partial charge in [-0.05, 0) is 13.3 Å². The number of carboxylic acids is 2. The second kappa shape index (κ2) is 6.93. The third-order valence-electron chi connectivity index (χ3n) is 4.21. The highest BCUT2D eigenvalue weighted by atomic mass is 16.7. The molecular formula is C17H20O6. The molecular weight excluding hydrogens is 300 g/mol. The molecule has 0 saturated carbocycles. The van der Waals surface area contributed by atoms with E-state index in [4.69, 9.17) is 14.6 Å². The van der Waals surface area contributed by atoms with Gasteiger partial charge in [0, 0.05) is 16.6 Å². The fourth-order valence-corrected chi connectivity index (χ4v) is 2.78. The Morgan fingerprint density at radius 3 is 2.13 bits per heavy atom. The van der Waals surface area contributed by atoms with Gasteiger partial charge >= 0.3 is 11.9 Å². The Morgan fingerprint density at radius 2 is 1.70 bits per heavy atom. The number of carboxylic acid groups (broad SMARTS) is 2. The summed E-state index contributed by atoms with van der Waals surface area (Å²) >= 11 is 0. The number of ether oxygens (including phenoxy) is 2. The zero-order valence-electron chi connectivity index (χ0n) is 13.1. The van der Waals surface area contributed by atoms with Crippen molar-refractivity contribution in [3.63, 3.8) is 0 Å². The van der Waals surface area contributed by atoms with Crippen LogP contribution in [0.15, 0.2) is 41.5 Å². The van der Waals surface area contributed by atoms with Crippen LogP contribution >= 0.6 is 0 Å². The first-order valence-corrected chi connectivity index (χ1v) is 7.37. The minimum atomic E-state index is -1.25. The number of rotatable bonds is 5. The SMILES string of the molecule is CCC1(C(C(=O)O)=C(C)C(=O)O)COC(c2ccccc2)OC1. The van der Waals surface area contributed by atoms with Gasteiger partial charge in [0.05, 0.1) is 18.8 Å². The third-order valence-corrected chi connectivity index (χ3v) is 4.21. The standard InChI is InChI=1S/C17H20O6/c1-3-17(13(15(20)21)11(2)14(18)19)9-22-16(23-10-17)12-7-5-4-6-8-12/h4-8,16H,3,9-10H2,1-2H3,(H,18,19)(H,20,21). The Bertz CT molecular complexity index is 611. The first kappa shape index (κ1) is 17.2. The Kier molecular flexibility index (Phi) is 5.18. The summed E-state index contributed by atoms with van der Waals surface area (Å²) in [7, 11) is 0. The van der Waals surface area contributed by atoms with E-state index in [0.717, 1.165) is 5.56 Å². The normalized spacial score (nSPS) is 25.6. The largest absolute Gasteiger partial charge is 0.478 e. The maximum atomic E-state index is 11.6. The molecule has 0 aromatic heterocycles. The Balaban J connectivity index is 2.29. The van der Waals surface area contributed by atoms with Gasteiger partial charge in [-0.3, -0.25) is 0 Å². The summed E-state index contributed by atoms with van der Waals surface area (Å²) in [6.07, 6.45) is -0.170. The van der Waals surface area contributed by atoms with Gasteiger partial charge in [-0.25, -0.2) is 9.59 Å². The molecule has 1 fully saturated rings. The van der Waals surface area contributed by atoms with E-state index in [0.29, 0.717) is 6.42 Å². The van der Waals surface area contributed by atoms with Crippen LogP contribution in [0.1, 0.15) is 32.1 Å². The van der Waals surface area contributed by atoms with Crippen LogP contribution in [0.25, 0.3) is 0 Å². The second-order valence-electron chi connectivity index (χ2n) is 5.61. The van der Waals surface area contributed by atoms with Crippen LogP contribution in [-0.4, -0.2) is 35.4 Å². The van der Waals surface area contributed by atoms with E-state index >= 15 is 0 Å². The van der Waals surface area contributed by atoms with Gasteiger partial charge < -0.3 is 19.7 Å². The summed E-state index contributed by atoms with van der Waals surface area (Å²) in [5, 5.41) is 18.7. The van der Waals surface area contributed by atoms with Crippen molar-refractivity contribution in [3.8, 4) is 0 Å². The molecule has 1 aliphatic rings. The highest BCUT2D eigenvalue weighted by Gasteiger charge is 2.44. The molecule has 0 bridgehead atoms. The highest BCUT2D eigenvalue weighted by molar-refractivity contribution is 5.99. The van der Waals surface area contributed by atoms with Gasteiger partial charge in [0.15, 0.2) is 6.29 Å². The Hall–Kier alpha value is -2.18. The molecule has 23 heavy (non-hydrogen) atoms. The zero-order valence-corrected chi connectivity index (χ0v) is 13.1. The first-order valence-electron chi connectivity index (χ1n) is 7.37. The molecule has 1 aromatic carbocycles. The maximum Gasteiger partial charge on any atom is 0.332 e. The van der Waals surface area contributed by atoms with Crippen LogP contribution < -0.4 is 0 Å². The molecule has 124 valence electrons. The van der Waals surface area contributed by atoms with E-state index < -0.39 is 23.6 Å². The van der Waals surface area contributed by atoms with Crippen LogP contribution in [0, 0.1) is 5.41 Å². The quantitative estimate of drug-likeness (QED) is 0.810. The molecule has 0 atom stereocenters. The summed E-state index contributed by atoms with van der Waals surface area (Å²) in [5.41, 5.74) is -0.476. The van der Waals surface area contributed by atoms with Crippen molar-refractivity contribution in [1.82, 2.24) is 0 Å². The minimum absolute atomic E-state index is 0.0926. The number of benzene rings is 1. The van der Waals surface area contributed by atoms with Crippen molar-refractivity contribution in [2.24, 2.45) is 5.41 Å². The van der Waals surface area contributed by atoms with Crippen LogP contribution in [-0.2, 0) is 19.1 Å². The van der Waals surface area contributed by atoms with Crippen molar-refractivity contribution in [2.45, 2.75) is 26.6 Å². The zero-order chi connectivity index (χ0) is 17.0. The van der Waals surface area contributed by atoms with Gasteiger partial charge in [-0.15, -0.1) is 0 Å². The molecule has 1 aromatic rings. The van der Waals surface area contributed by atoms with Crippen molar-refractivity contribution in [1.29, 1.82) is 0 Å². The Labute approximate surface area is 134 Å². The lowest BCUT2D eigenvalue weighted by atomic mass is 9.76. The predicted octanol–water partition coefficient (Wildman–Crippen LogP) is 2.61. The molecule has 2 rings (SSSR count). The maximum absolute atomic E-state index is 11.6. The van der Waals surface area contributed by atoms with Crippen LogP contribution in [0.4, 0.5) is 0 Å². The summed E-state index contributed by atoms with van der Waals surface area (Å²) in [4.78, 5) is 22.9. The first-order chi connectivity index (χ1) is 10.9. The fourth-order valence-electron chi connectivity index (χ4n) is 2.78. The lowest BCUT2D eigenvalue weighted by Gasteiger charge is -2.40. The number of aliphatic carboxylic acids is 2. The van der Waals surface area contributed by atoms with E-state index in [9.17, 15) is 14.7 Å². The molecule has 0 amide bonds. The highest BCUT2D eigenvalue weighted by Crippen LogP contribution is 2.41. The van der Waals surface area contributed by atoms with E-state index in [1.165, 1.54) is 6.92 Å². The summed E-state index contributed by atoms with van der Waals surface area (Å²) in [6.45, 7) is 3.28. The van der Waals surface area contributed by atoms with Gasteiger partial charge in [0.2, 0.25) is 0 Å². The molecule has 1 heterocycles. The van der Waals surface area contributed by atoms with Crippen molar-refractivity contribution < 1.29 is 29.3 Å². The summed E-state index contributed by atoms with van der Waals surface area (Å²) < 4.78 is 11.4. The minimum Gasteiger partial charge on any atom is -0.478 e. The average molecular weight is 320 g/mol. The molecule has 0 aliphatic carbocycles. The average Bonchev–Trinajstić information content (AvgIpc) is 2.56. The van der Waals surface area contributed by atoms with Crippen LogP contribution in [0.2, 0.25) is 0 Å². The molecule has 0 spiro atoms. The molecule has 0 unspecified atom stereocenters. The second-order valence-corrected chi connectivity index (χ2v) is 5.61. The van der Waals surface area contributed by atoms with E-state index in [1.807, 2.05) is 30.3 Å². The number of hydrogen-bond donors (Lipinski definition) is 2. The van der Waals surface area contributed by atoms with E-state index in [2.05, 4.69) is 0 Å². The number of hydrogen-bond acceptors (Lipinski definition) is 4. The third kappa shape index (κ3) is 3.43. The lowest BCUT2D eigenvalue weighted by molar-refractivity contribution is -0.227. The van der Waals surface area contributed by atoms with Crippen molar-refractivity contribution >= 4 is 11.9 Å². The fraction of sp³-hybridized carbons (Fsp3) is 0.412. The predicted molar refractivity (Wildman–Crippen MR) is 81.8 cm³/mol. The summed E-state index contributed by atoms with van der Waals surface area (Å²) in [5.74, 6) is -2.50. The molecule has 1 aliphatic heterocycles. The smallest absolute Gasteiger partial charge is 0.332 e. The van der Waals surface area contributed by atoms with E-state index in [1.54, 1.807) is 6.92 Å². The topological polar surface area (TPSA) is 93.1 Å². The molecule has 6 nitrogen and oxygen atoms in total. The van der Waals surface area contributed by atoms with E-state index in [-0.39, 0.29) is 24.4 Å². The number of carbonyl (C=O) groups is 2. The monoisotopic (exact) mass is 320 g/mol. The molecule has 1 saturated heterocycles. The lowest BCUT2D eigenvalue weighted by Crippen LogP contribution is -2.43. The van der Waals surface area contributed by atoms with Crippen LogP contribution in [0.3, 0.4) is 0 Å². The Morgan fingerprint density at radius 1 is 1.13 bits per heavy atom. The molecule has 6 heteroatoms. The van der Waals surface area contributed by atoms with Crippen molar-refractivity contribution in [3.05, 3.63) is 47.0 Å². The van der Waals surface area contributed by atoms with Crippen molar-refractivity contribution in [2.75, 3.05) is 13.2 Å².